The summed E-state index contributed by atoms with van der Waals surface area (Å²) in [5, 5.41) is 0. The minimum absolute atomic E-state index is 0.134. The number of hydrogen-bond acceptors (Lipinski definition) is 2. The Balaban J connectivity index is 2.18. The summed E-state index contributed by atoms with van der Waals surface area (Å²) in [6.45, 7) is 3.81. The van der Waals surface area contributed by atoms with E-state index in [1.165, 1.54) is 0 Å². The molecule has 4 heteroatoms. The van der Waals surface area contributed by atoms with E-state index in [0.29, 0.717) is 0 Å². The van der Waals surface area contributed by atoms with Crippen LogP contribution in [-0.2, 0) is 4.79 Å². The number of fused-ring (bicyclic) bond motifs is 3. The minimum atomic E-state index is -1.30. The van der Waals surface area contributed by atoms with Gasteiger partial charge in [0.15, 0.2) is 10.1 Å². The Morgan fingerprint density at radius 3 is 2.53 bits per heavy atom. The van der Waals surface area contributed by atoms with Crippen molar-refractivity contribution in [3.8, 4) is 5.75 Å². The van der Waals surface area contributed by atoms with Gasteiger partial charge >= 0.3 is 0 Å². The van der Waals surface area contributed by atoms with Gasteiger partial charge in [0.25, 0.3) is 0 Å². The Morgan fingerprint density at radius 2 is 1.82 bits per heavy atom. The van der Waals surface area contributed by atoms with Crippen LogP contribution < -0.4 is 4.74 Å². The Morgan fingerprint density at radius 1 is 1.18 bits per heavy atom. The fourth-order valence-electron chi connectivity index (χ4n) is 2.89. The number of carbonyl (C=O) groups excluding carboxylic acids is 1. The highest BCUT2D eigenvalue weighted by Gasteiger charge is 2.68. The van der Waals surface area contributed by atoms with E-state index in [1.54, 1.807) is 0 Å². The number of halogens is 2. The van der Waals surface area contributed by atoms with Crippen LogP contribution in [0, 0.1) is 5.92 Å². The van der Waals surface area contributed by atoms with Crippen LogP contribution in [0.5, 0.6) is 5.75 Å². The molecule has 2 aliphatic rings. The van der Waals surface area contributed by atoms with Crippen LogP contribution >= 0.6 is 23.2 Å². The van der Waals surface area contributed by atoms with Crippen LogP contribution in [0.25, 0.3) is 0 Å². The van der Waals surface area contributed by atoms with Crippen molar-refractivity contribution in [2.24, 2.45) is 5.92 Å². The zero-order chi connectivity index (χ0) is 12.4. The van der Waals surface area contributed by atoms with Crippen molar-refractivity contribution in [1.29, 1.82) is 0 Å². The lowest BCUT2D eigenvalue weighted by molar-refractivity contribution is -0.144. The molecule has 1 aromatic rings. The molecule has 17 heavy (non-hydrogen) atoms. The molecule has 0 spiro atoms. The lowest BCUT2D eigenvalue weighted by Gasteiger charge is -2.55. The third-order valence-electron chi connectivity index (χ3n) is 3.71. The van der Waals surface area contributed by atoms with E-state index in [2.05, 4.69) is 0 Å². The maximum atomic E-state index is 12.0. The first kappa shape index (κ1) is 11.4. The Labute approximate surface area is 110 Å². The molecule has 0 amide bonds. The maximum Gasteiger partial charge on any atom is 0.184 e. The van der Waals surface area contributed by atoms with E-state index in [0.717, 1.165) is 11.3 Å². The molecule has 2 atom stereocenters. The molecule has 2 nitrogen and oxygen atoms in total. The van der Waals surface area contributed by atoms with Gasteiger partial charge in [0.1, 0.15) is 11.4 Å². The van der Waals surface area contributed by atoms with Crippen LogP contribution in [0.3, 0.4) is 0 Å². The molecule has 0 N–H and O–H groups in total. The Bertz CT molecular complexity index is 508. The highest BCUT2D eigenvalue weighted by molar-refractivity contribution is 6.61. The summed E-state index contributed by atoms with van der Waals surface area (Å²) in [6.07, 6.45) is 0. The fourth-order valence-corrected chi connectivity index (χ4v) is 3.62. The average molecular weight is 271 g/mol. The lowest BCUT2D eigenvalue weighted by atomic mass is 9.60. The van der Waals surface area contributed by atoms with Crippen LogP contribution in [0.15, 0.2) is 24.3 Å². The maximum absolute atomic E-state index is 12.0. The summed E-state index contributed by atoms with van der Waals surface area (Å²) in [6, 6.07) is 7.62. The standard InChI is InChI=1S/C13H12Cl2O2/c1-12(2)10-9(13(14,15)11(10)16)7-5-3-4-6-8(7)17-12/h3-6,9-10H,1-2H3. The predicted molar refractivity (Wildman–Crippen MR) is 66.8 cm³/mol. The molecule has 0 saturated heterocycles. The Hall–Kier alpha value is -0.730. The van der Waals surface area contributed by atoms with Crippen molar-refractivity contribution < 1.29 is 9.53 Å². The molecule has 90 valence electrons. The SMILES string of the molecule is CC1(C)Oc2ccccc2C2C1C(=O)C2(Cl)Cl. The number of ether oxygens (including phenoxy) is 1. The van der Waals surface area contributed by atoms with Gasteiger partial charge in [-0.1, -0.05) is 41.4 Å². The summed E-state index contributed by atoms with van der Waals surface area (Å²) < 4.78 is 4.58. The summed E-state index contributed by atoms with van der Waals surface area (Å²) in [4.78, 5) is 12.0. The number of hydrogen-bond donors (Lipinski definition) is 0. The van der Waals surface area contributed by atoms with Gasteiger partial charge in [-0.25, -0.2) is 0 Å². The minimum Gasteiger partial charge on any atom is -0.487 e. The van der Waals surface area contributed by atoms with Crippen molar-refractivity contribution in [2.75, 3.05) is 0 Å². The van der Waals surface area contributed by atoms with Gasteiger partial charge in [0, 0.05) is 11.5 Å². The number of para-hydroxylation sites is 1. The van der Waals surface area contributed by atoms with Gasteiger partial charge in [0.05, 0.1) is 5.92 Å². The van der Waals surface area contributed by atoms with Crippen LogP contribution in [0.1, 0.15) is 25.3 Å². The molecule has 1 saturated carbocycles. The predicted octanol–water partition coefficient (Wildman–Crippen LogP) is 3.31. The van der Waals surface area contributed by atoms with Crippen molar-refractivity contribution in [3.63, 3.8) is 0 Å². The summed E-state index contributed by atoms with van der Waals surface area (Å²) in [5.74, 6) is 0.216. The summed E-state index contributed by atoms with van der Waals surface area (Å²) in [5.41, 5.74) is 0.380. The molecule has 2 unspecified atom stereocenters. The zero-order valence-electron chi connectivity index (χ0n) is 9.54. The summed E-state index contributed by atoms with van der Waals surface area (Å²) >= 11 is 12.3. The number of benzene rings is 1. The molecule has 0 radical (unpaired) electrons. The molecule has 1 fully saturated rings. The number of carbonyl (C=O) groups is 1. The van der Waals surface area contributed by atoms with Crippen molar-refractivity contribution in [3.05, 3.63) is 29.8 Å². The van der Waals surface area contributed by atoms with Gasteiger partial charge in [-0.15, -0.1) is 0 Å². The van der Waals surface area contributed by atoms with Crippen molar-refractivity contribution in [1.82, 2.24) is 0 Å². The van der Waals surface area contributed by atoms with Crippen LogP contribution in [-0.4, -0.2) is 15.7 Å². The molecule has 0 bridgehead atoms. The number of ketones is 1. The van der Waals surface area contributed by atoms with Gasteiger partial charge < -0.3 is 4.74 Å². The van der Waals surface area contributed by atoms with E-state index < -0.39 is 9.93 Å². The highest BCUT2D eigenvalue weighted by Crippen LogP contribution is 2.62. The second kappa shape index (κ2) is 3.18. The number of Topliss-reactive ketones (excluding diaryl/α,β-unsaturated/α-hetero) is 1. The van der Waals surface area contributed by atoms with Gasteiger partial charge in [-0.05, 0) is 19.9 Å². The fraction of sp³-hybridized carbons (Fsp3) is 0.462. The van der Waals surface area contributed by atoms with E-state index in [9.17, 15) is 4.79 Å². The number of rotatable bonds is 0. The third-order valence-corrected chi connectivity index (χ3v) is 4.55. The lowest BCUT2D eigenvalue weighted by Crippen LogP contribution is -2.65. The van der Waals surface area contributed by atoms with Crippen molar-refractivity contribution in [2.45, 2.75) is 29.7 Å². The molecule has 1 aliphatic carbocycles. The monoisotopic (exact) mass is 270 g/mol. The molecular weight excluding hydrogens is 259 g/mol. The molecule has 3 rings (SSSR count). The van der Waals surface area contributed by atoms with Crippen LogP contribution in [0.4, 0.5) is 0 Å². The first-order valence-electron chi connectivity index (χ1n) is 5.56. The first-order chi connectivity index (χ1) is 7.86. The Kier molecular flexibility index (Phi) is 2.13. The van der Waals surface area contributed by atoms with Crippen LogP contribution in [0.2, 0.25) is 0 Å². The molecule has 1 aliphatic heterocycles. The highest BCUT2D eigenvalue weighted by atomic mass is 35.5. The molecular formula is C13H12Cl2O2. The molecule has 0 aromatic heterocycles. The van der Waals surface area contributed by atoms with E-state index in [4.69, 9.17) is 27.9 Å². The smallest absolute Gasteiger partial charge is 0.184 e. The van der Waals surface area contributed by atoms with Gasteiger partial charge in [-0.3, -0.25) is 4.79 Å². The van der Waals surface area contributed by atoms with E-state index in [1.807, 2.05) is 38.1 Å². The van der Waals surface area contributed by atoms with Gasteiger partial charge in [-0.2, -0.15) is 0 Å². The molecule has 1 aromatic carbocycles. The first-order valence-corrected chi connectivity index (χ1v) is 6.31. The topological polar surface area (TPSA) is 26.3 Å². The quantitative estimate of drug-likeness (QED) is 0.677. The molecule has 1 heterocycles. The average Bonchev–Trinajstić information content (AvgIpc) is 2.25. The summed E-state index contributed by atoms with van der Waals surface area (Å²) in [7, 11) is 0. The zero-order valence-corrected chi connectivity index (χ0v) is 11.0. The largest absolute Gasteiger partial charge is 0.487 e. The van der Waals surface area contributed by atoms with E-state index in [-0.39, 0.29) is 17.6 Å². The second-order valence-electron chi connectivity index (χ2n) is 5.19. The normalized spacial score (nSPS) is 31.9. The third kappa shape index (κ3) is 1.31. The van der Waals surface area contributed by atoms with E-state index >= 15 is 0 Å². The number of alkyl halides is 2. The second-order valence-corrected chi connectivity index (χ2v) is 6.57. The van der Waals surface area contributed by atoms with Gasteiger partial charge in [0.2, 0.25) is 0 Å². The van der Waals surface area contributed by atoms with Crippen molar-refractivity contribution >= 4 is 29.0 Å².